The molecule has 122 valence electrons. The third-order valence-electron chi connectivity index (χ3n) is 3.63. The van der Waals surface area contributed by atoms with Gasteiger partial charge in [0.05, 0.1) is 5.56 Å². The van der Waals surface area contributed by atoms with Crippen molar-refractivity contribution in [2.24, 2.45) is 0 Å². The quantitative estimate of drug-likeness (QED) is 0.858. The van der Waals surface area contributed by atoms with E-state index in [1.807, 2.05) is 4.90 Å². The summed E-state index contributed by atoms with van der Waals surface area (Å²) in [6.07, 6.45) is -3.30. The summed E-state index contributed by atoms with van der Waals surface area (Å²) in [5.41, 5.74) is 0.00877. The highest BCUT2D eigenvalue weighted by Gasteiger charge is 2.31. The van der Waals surface area contributed by atoms with Crippen LogP contribution in [0.4, 0.5) is 18.9 Å². The van der Waals surface area contributed by atoms with Gasteiger partial charge < -0.3 is 15.1 Å². The molecule has 1 aliphatic heterocycles. The Morgan fingerprint density at radius 2 is 1.91 bits per heavy atom. The molecule has 1 fully saturated rings. The van der Waals surface area contributed by atoms with Gasteiger partial charge in [0.2, 0.25) is 0 Å². The number of halogens is 3. The van der Waals surface area contributed by atoms with E-state index in [9.17, 15) is 13.2 Å². The first-order valence-electron chi connectivity index (χ1n) is 7.37. The van der Waals surface area contributed by atoms with Gasteiger partial charge in [0.15, 0.2) is 5.11 Å². The van der Waals surface area contributed by atoms with Crippen molar-refractivity contribution in [3.63, 3.8) is 0 Å². The monoisotopic (exact) mass is 331 g/mol. The highest BCUT2D eigenvalue weighted by atomic mass is 32.1. The summed E-state index contributed by atoms with van der Waals surface area (Å²) < 4.78 is 38.3. The normalized spacial score (nSPS) is 15.8. The van der Waals surface area contributed by atoms with Gasteiger partial charge in [-0.2, -0.15) is 13.2 Å². The standard InChI is InChI=1S/C15H20F3N3S/c1-2-6-19-14(22)21-9-7-20(8-10-21)13-5-3-4-12(11-13)15(16,17)18/h3-5,11H,2,6-10H2,1H3,(H,19,22). The highest BCUT2D eigenvalue weighted by molar-refractivity contribution is 7.80. The third kappa shape index (κ3) is 4.25. The maximum absolute atomic E-state index is 12.8. The molecule has 7 heteroatoms. The molecule has 1 N–H and O–H groups in total. The first-order valence-corrected chi connectivity index (χ1v) is 7.77. The second-order valence-corrected chi connectivity index (χ2v) is 5.64. The van der Waals surface area contributed by atoms with Crippen LogP contribution in [0.3, 0.4) is 0 Å². The number of nitrogens with zero attached hydrogens (tertiary/aromatic N) is 2. The van der Waals surface area contributed by atoms with Crippen molar-refractivity contribution in [3.05, 3.63) is 29.8 Å². The highest BCUT2D eigenvalue weighted by Crippen LogP contribution is 2.31. The molecule has 22 heavy (non-hydrogen) atoms. The van der Waals surface area contributed by atoms with Crippen molar-refractivity contribution in [1.82, 2.24) is 10.2 Å². The molecule has 2 rings (SSSR count). The van der Waals surface area contributed by atoms with Crippen molar-refractivity contribution < 1.29 is 13.2 Å². The molecular formula is C15H20F3N3S. The van der Waals surface area contributed by atoms with E-state index in [1.165, 1.54) is 12.1 Å². The van der Waals surface area contributed by atoms with Crippen LogP contribution in [0.15, 0.2) is 24.3 Å². The Hall–Kier alpha value is -1.50. The van der Waals surface area contributed by atoms with Crippen molar-refractivity contribution in [2.75, 3.05) is 37.6 Å². The molecule has 1 aromatic rings. The zero-order valence-corrected chi connectivity index (χ0v) is 13.3. The summed E-state index contributed by atoms with van der Waals surface area (Å²) >= 11 is 5.31. The fourth-order valence-corrected chi connectivity index (χ4v) is 2.68. The molecule has 1 heterocycles. The summed E-state index contributed by atoms with van der Waals surface area (Å²) in [5.74, 6) is 0. The maximum atomic E-state index is 12.8. The smallest absolute Gasteiger partial charge is 0.368 e. The second kappa shape index (κ2) is 7.17. The number of anilines is 1. The molecule has 0 aliphatic carbocycles. The molecule has 0 spiro atoms. The van der Waals surface area contributed by atoms with E-state index in [2.05, 4.69) is 17.1 Å². The van der Waals surface area contributed by atoms with Crippen molar-refractivity contribution in [3.8, 4) is 0 Å². The van der Waals surface area contributed by atoms with Gasteiger partial charge in [-0.1, -0.05) is 13.0 Å². The van der Waals surface area contributed by atoms with Gasteiger partial charge in [-0.15, -0.1) is 0 Å². The Kier molecular flexibility index (Phi) is 5.50. The van der Waals surface area contributed by atoms with Gasteiger partial charge in [-0.3, -0.25) is 0 Å². The zero-order chi connectivity index (χ0) is 16.2. The topological polar surface area (TPSA) is 18.5 Å². The minimum Gasteiger partial charge on any atom is -0.368 e. The van der Waals surface area contributed by atoms with Crippen LogP contribution in [0.2, 0.25) is 0 Å². The van der Waals surface area contributed by atoms with Crippen LogP contribution in [-0.4, -0.2) is 42.7 Å². The van der Waals surface area contributed by atoms with Crippen molar-refractivity contribution >= 4 is 23.0 Å². The molecule has 1 saturated heterocycles. The van der Waals surface area contributed by atoms with Crippen LogP contribution in [-0.2, 0) is 6.18 Å². The number of piperazine rings is 1. The summed E-state index contributed by atoms with van der Waals surface area (Å²) in [4.78, 5) is 4.03. The summed E-state index contributed by atoms with van der Waals surface area (Å²) in [5, 5.41) is 3.90. The van der Waals surface area contributed by atoms with Gasteiger partial charge >= 0.3 is 6.18 Å². The summed E-state index contributed by atoms with van der Waals surface area (Å²) in [7, 11) is 0. The number of alkyl halides is 3. The minimum atomic E-state index is -4.30. The molecule has 0 amide bonds. The summed E-state index contributed by atoms with van der Waals surface area (Å²) in [6, 6.07) is 5.49. The van der Waals surface area contributed by atoms with E-state index in [0.29, 0.717) is 31.9 Å². The molecule has 1 aromatic carbocycles. The second-order valence-electron chi connectivity index (χ2n) is 5.25. The van der Waals surface area contributed by atoms with Crippen LogP contribution in [0.1, 0.15) is 18.9 Å². The summed E-state index contributed by atoms with van der Waals surface area (Å²) in [6.45, 7) is 5.66. The first kappa shape index (κ1) is 16.9. The lowest BCUT2D eigenvalue weighted by Crippen LogP contribution is -2.51. The van der Waals surface area contributed by atoms with E-state index in [0.717, 1.165) is 24.1 Å². The predicted molar refractivity (Wildman–Crippen MR) is 86.1 cm³/mol. The number of benzene rings is 1. The molecule has 3 nitrogen and oxygen atoms in total. The lowest BCUT2D eigenvalue weighted by Gasteiger charge is -2.37. The first-order chi connectivity index (χ1) is 10.4. The maximum Gasteiger partial charge on any atom is 0.416 e. The molecule has 0 aromatic heterocycles. The van der Waals surface area contributed by atoms with Crippen LogP contribution >= 0.6 is 12.2 Å². The number of rotatable bonds is 3. The van der Waals surface area contributed by atoms with Gasteiger partial charge in [0.1, 0.15) is 0 Å². The SMILES string of the molecule is CCCNC(=S)N1CCN(c2cccc(C(F)(F)F)c2)CC1. The zero-order valence-electron chi connectivity index (χ0n) is 12.5. The van der Waals surface area contributed by atoms with Crippen molar-refractivity contribution in [2.45, 2.75) is 19.5 Å². The number of hydrogen-bond donors (Lipinski definition) is 1. The van der Waals surface area contributed by atoms with E-state index < -0.39 is 11.7 Å². The van der Waals surface area contributed by atoms with Crippen molar-refractivity contribution in [1.29, 1.82) is 0 Å². The van der Waals surface area contributed by atoms with E-state index in [4.69, 9.17) is 12.2 Å². The van der Waals surface area contributed by atoms with Gasteiger partial charge in [0.25, 0.3) is 0 Å². The number of thiocarbonyl (C=S) groups is 1. The average molecular weight is 331 g/mol. The lowest BCUT2D eigenvalue weighted by molar-refractivity contribution is -0.137. The Balaban J connectivity index is 1.96. The third-order valence-corrected chi connectivity index (χ3v) is 4.03. The van der Waals surface area contributed by atoms with Gasteiger partial charge in [-0.25, -0.2) is 0 Å². The molecule has 0 bridgehead atoms. The Labute approximate surface area is 134 Å². The molecular weight excluding hydrogens is 311 g/mol. The van der Waals surface area contributed by atoms with Gasteiger partial charge in [-0.05, 0) is 36.8 Å². The molecule has 0 unspecified atom stereocenters. The number of nitrogens with one attached hydrogen (secondary N) is 1. The van der Waals surface area contributed by atoms with E-state index >= 15 is 0 Å². The van der Waals surface area contributed by atoms with Crippen LogP contribution < -0.4 is 10.2 Å². The van der Waals surface area contributed by atoms with Crippen LogP contribution in [0, 0.1) is 0 Å². The van der Waals surface area contributed by atoms with E-state index in [1.54, 1.807) is 6.07 Å². The molecule has 1 aliphatic rings. The van der Waals surface area contributed by atoms with Gasteiger partial charge in [0, 0.05) is 38.4 Å². The lowest BCUT2D eigenvalue weighted by atomic mass is 10.1. The average Bonchev–Trinajstić information content (AvgIpc) is 2.52. The largest absolute Gasteiger partial charge is 0.416 e. The molecule has 0 atom stereocenters. The van der Waals surface area contributed by atoms with Crippen LogP contribution in [0.5, 0.6) is 0 Å². The fourth-order valence-electron chi connectivity index (χ4n) is 2.39. The Morgan fingerprint density at radius 3 is 2.50 bits per heavy atom. The van der Waals surface area contributed by atoms with E-state index in [-0.39, 0.29) is 0 Å². The number of hydrogen-bond acceptors (Lipinski definition) is 2. The fraction of sp³-hybridized carbons (Fsp3) is 0.533. The minimum absolute atomic E-state index is 0.604. The Bertz CT molecular complexity index is 511. The Morgan fingerprint density at radius 1 is 1.23 bits per heavy atom. The van der Waals surface area contributed by atoms with Crippen LogP contribution in [0.25, 0.3) is 0 Å². The molecule has 0 radical (unpaired) electrons. The predicted octanol–water partition coefficient (Wildman–Crippen LogP) is 3.11. The molecule has 0 saturated carbocycles.